The van der Waals surface area contributed by atoms with E-state index < -0.39 is 73.3 Å². The lowest BCUT2D eigenvalue weighted by atomic mass is 10.1. The van der Waals surface area contributed by atoms with Crippen LogP contribution < -0.4 is 38.1 Å². The zero-order valence-corrected chi connectivity index (χ0v) is 18.8. The lowest BCUT2D eigenvalue weighted by Gasteiger charge is -2.20. The van der Waals surface area contributed by atoms with Crippen LogP contribution in [0.5, 0.6) is 0 Å². The Balaban J connectivity index is 4.97. The zero-order valence-electron chi connectivity index (χ0n) is 18.8. The average Bonchev–Trinajstić information content (AvgIpc) is 2.78. The van der Waals surface area contributed by atoms with Crippen molar-refractivity contribution in [2.45, 2.75) is 43.8 Å². The monoisotopic (exact) mass is 504 g/mol. The number of unbranched alkanes of at least 4 members (excludes halogenated alkanes) is 1. The van der Waals surface area contributed by atoms with Gasteiger partial charge >= 0.3 is 11.9 Å². The molecular formula is C18H32N8O9. The molecule has 3 atom stereocenters. The largest absolute Gasteiger partial charge is 0.481 e. The second-order valence-corrected chi connectivity index (χ2v) is 7.18. The Hall–Kier alpha value is -3.99. The summed E-state index contributed by atoms with van der Waals surface area (Å²) in [6.45, 7) is -1.67. The zero-order chi connectivity index (χ0) is 27.0. The highest BCUT2D eigenvalue weighted by molar-refractivity contribution is 5.95. The molecule has 0 heterocycles. The van der Waals surface area contributed by atoms with Gasteiger partial charge in [-0.15, -0.1) is 0 Å². The molecule has 0 unspecified atom stereocenters. The number of carbonyl (C=O) groups is 6. The second kappa shape index (κ2) is 16.6. The second-order valence-electron chi connectivity index (χ2n) is 7.18. The standard InChI is InChI=1S/C18H32N8O9/c19-6-12(28)24-9(3-1-2-4-22-18(20)21)15(32)23-7-13(29)25-10(5-14(30)31)16(33)26-11(8-27)17(34)35/h9-11,27H,1-8,19H2,(H,23,32)(H,24,28)(H,25,29)(H,26,33)(H,30,31)(H,34,35)(H4,20,21,22)/t9-,10-,11-/m0/s1. The fourth-order valence-corrected chi connectivity index (χ4v) is 2.60. The van der Waals surface area contributed by atoms with Gasteiger partial charge in [0, 0.05) is 6.54 Å². The third-order valence-corrected chi connectivity index (χ3v) is 4.32. The fraction of sp³-hybridized carbons (Fsp3) is 0.611. The number of carbonyl (C=O) groups excluding carboxylic acids is 4. The van der Waals surface area contributed by atoms with Gasteiger partial charge in [-0.3, -0.25) is 29.4 Å². The third kappa shape index (κ3) is 14.0. The van der Waals surface area contributed by atoms with E-state index in [0.717, 1.165) is 0 Å². The van der Waals surface area contributed by atoms with Gasteiger partial charge in [0.1, 0.15) is 18.1 Å². The van der Waals surface area contributed by atoms with Gasteiger partial charge < -0.3 is 53.4 Å². The Morgan fingerprint density at radius 1 is 0.829 bits per heavy atom. The predicted octanol–water partition coefficient (Wildman–Crippen LogP) is -5.28. The molecule has 4 amide bonds. The highest BCUT2D eigenvalue weighted by Gasteiger charge is 2.28. The number of aliphatic hydroxyl groups is 1. The molecule has 0 aromatic carbocycles. The average molecular weight is 505 g/mol. The van der Waals surface area contributed by atoms with Crippen molar-refractivity contribution >= 4 is 41.5 Å². The molecule has 0 saturated carbocycles. The van der Waals surface area contributed by atoms with Crippen LogP contribution in [0.2, 0.25) is 0 Å². The summed E-state index contributed by atoms with van der Waals surface area (Å²) in [4.78, 5) is 70.4. The van der Waals surface area contributed by atoms with Gasteiger partial charge in [0.05, 0.1) is 26.1 Å². The van der Waals surface area contributed by atoms with Crippen molar-refractivity contribution in [3.8, 4) is 0 Å². The van der Waals surface area contributed by atoms with E-state index in [1.165, 1.54) is 0 Å². The first-order valence-electron chi connectivity index (χ1n) is 10.4. The summed E-state index contributed by atoms with van der Waals surface area (Å²) in [5, 5.41) is 45.1. The van der Waals surface area contributed by atoms with Gasteiger partial charge in [0.25, 0.3) is 0 Å². The lowest BCUT2D eigenvalue weighted by Crippen LogP contribution is -2.55. The Morgan fingerprint density at radius 3 is 1.97 bits per heavy atom. The summed E-state index contributed by atoms with van der Waals surface area (Å²) < 4.78 is 0. The molecule has 0 aromatic heterocycles. The number of aliphatic carboxylic acids is 2. The number of hydrogen-bond donors (Lipinski definition) is 11. The van der Waals surface area contributed by atoms with E-state index in [1.54, 1.807) is 0 Å². The maximum atomic E-state index is 12.4. The number of nitrogens with two attached hydrogens (primary N) is 2. The minimum Gasteiger partial charge on any atom is -0.481 e. The molecule has 17 nitrogen and oxygen atoms in total. The maximum absolute atomic E-state index is 12.4. The molecule has 0 aliphatic heterocycles. The molecule has 0 fully saturated rings. The minimum absolute atomic E-state index is 0.167. The van der Waals surface area contributed by atoms with Crippen LogP contribution in [-0.2, 0) is 28.8 Å². The predicted molar refractivity (Wildman–Crippen MR) is 119 cm³/mol. The van der Waals surface area contributed by atoms with E-state index in [-0.39, 0.29) is 18.9 Å². The van der Waals surface area contributed by atoms with Crippen molar-refractivity contribution in [3.05, 3.63) is 0 Å². The summed E-state index contributed by atoms with van der Waals surface area (Å²) in [6.07, 6.45) is 0.221. The molecule has 0 aromatic rings. The Bertz CT molecular complexity index is 792. The SMILES string of the molecule is N=C(N)NCCCC[C@H](NC(=O)CN)C(=O)NCC(=O)N[C@@H](CC(=O)O)C(=O)N[C@@H](CO)C(=O)O. The normalized spacial score (nSPS) is 12.9. The number of rotatable bonds is 17. The Morgan fingerprint density at radius 2 is 1.46 bits per heavy atom. The molecule has 0 saturated heterocycles. The van der Waals surface area contributed by atoms with Crippen molar-refractivity contribution in [1.82, 2.24) is 26.6 Å². The van der Waals surface area contributed by atoms with Crippen molar-refractivity contribution < 1.29 is 44.1 Å². The van der Waals surface area contributed by atoms with Crippen LogP contribution in [0.4, 0.5) is 0 Å². The van der Waals surface area contributed by atoms with Crippen LogP contribution in [0.1, 0.15) is 25.7 Å². The third-order valence-electron chi connectivity index (χ3n) is 4.32. The number of nitrogens with one attached hydrogen (secondary N) is 6. The summed E-state index contributed by atoms with van der Waals surface area (Å²) in [6, 6.07) is -4.45. The minimum atomic E-state index is -1.71. The van der Waals surface area contributed by atoms with Crippen LogP contribution in [0.3, 0.4) is 0 Å². The first kappa shape index (κ1) is 31.0. The molecule has 35 heavy (non-hydrogen) atoms. The van der Waals surface area contributed by atoms with Crippen LogP contribution >= 0.6 is 0 Å². The van der Waals surface area contributed by atoms with Gasteiger partial charge in [0.2, 0.25) is 23.6 Å². The molecule has 0 bridgehead atoms. The molecule has 0 aliphatic rings. The number of carboxylic acid groups (broad SMARTS) is 2. The van der Waals surface area contributed by atoms with E-state index in [9.17, 15) is 28.8 Å². The fourth-order valence-electron chi connectivity index (χ4n) is 2.60. The quantitative estimate of drug-likeness (QED) is 0.0503. The molecule has 0 spiro atoms. The van der Waals surface area contributed by atoms with Crippen LogP contribution in [0.25, 0.3) is 0 Å². The van der Waals surface area contributed by atoms with Crippen LogP contribution in [-0.4, -0.2) is 101 Å². The van der Waals surface area contributed by atoms with Crippen LogP contribution in [0, 0.1) is 5.41 Å². The lowest BCUT2D eigenvalue weighted by molar-refractivity contribution is -0.144. The van der Waals surface area contributed by atoms with Gasteiger partial charge in [-0.2, -0.15) is 0 Å². The highest BCUT2D eigenvalue weighted by atomic mass is 16.4. The first-order chi connectivity index (χ1) is 16.4. The topological polar surface area (TPSA) is 299 Å². The number of hydrogen-bond acceptors (Lipinski definition) is 9. The summed E-state index contributed by atoms with van der Waals surface area (Å²) in [7, 11) is 0. The maximum Gasteiger partial charge on any atom is 0.328 e. The number of amides is 4. The summed E-state index contributed by atoms with van der Waals surface area (Å²) in [5.41, 5.74) is 10.4. The molecule has 13 N–H and O–H groups in total. The van der Waals surface area contributed by atoms with Gasteiger partial charge in [0.15, 0.2) is 5.96 Å². The van der Waals surface area contributed by atoms with Crippen molar-refractivity contribution in [3.63, 3.8) is 0 Å². The molecule has 0 rings (SSSR count). The molecular weight excluding hydrogens is 472 g/mol. The van der Waals surface area contributed by atoms with Crippen molar-refractivity contribution in [2.24, 2.45) is 11.5 Å². The number of carboxylic acids is 2. The van der Waals surface area contributed by atoms with Gasteiger partial charge in [-0.25, -0.2) is 4.79 Å². The van der Waals surface area contributed by atoms with E-state index >= 15 is 0 Å². The summed E-state index contributed by atoms with van der Waals surface area (Å²) >= 11 is 0. The molecule has 17 heteroatoms. The first-order valence-corrected chi connectivity index (χ1v) is 10.4. The van der Waals surface area contributed by atoms with E-state index in [0.29, 0.717) is 19.4 Å². The van der Waals surface area contributed by atoms with Gasteiger partial charge in [-0.1, -0.05) is 0 Å². The number of guanidine groups is 1. The van der Waals surface area contributed by atoms with E-state index in [2.05, 4.69) is 21.3 Å². The van der Waals surface area contributed by atoms with Gasteiger partial charge in [-0.05, 0) is 19.3 Å². The highest BCUT2D eigenvalue weighted by Crippen LogP contribution is 2.02. The van der Waals surface area contributed by atoms with E-state index in [4.69, 9.17) is 32.2 Å². The molecule has 198 valence electrons. The smallest absolute Gasteiger partial charge is 0.328 e. The van der Waals surface area contributed by atoms with E-state index in [1.807, 2.05) is 5.32 Å². The van der Waals surface area contributed by atoms with Crippen molar-refractivity contribution in [1.29, 1.82) is 5.41 Å². The Kier molecular flexibility index (Phi) is 14.7. The Labute approximate surface area is 199 Å². The number of aliphatic hydroxyl groups excluding tert-OH is 1. The molecule has 0 aliphatic carbocycles. The molecule has 0 radical (unpaired) electrons. The van der Waals surface area contributed by atoms with Crippen LogP contribution in [0.15, 0.2) is 0 Å². The van der Waals surface area contributed by atoms with Crippen molar-refractivity contribution in [2.75, 3.05) is 26.2 Å². The summed E-state index contributed by atoms with van der Waals surface area (Å²) in [5.74, 6) is -6.76.